The van der Waals surface area contributed by atoms with Gasteiger partial charge in [0.05, 0.1) is 18.9 Å². The predicted molar refractivity (Wildman–Crippen MR) is 114 cm³/mol. The van der Waals surface area contributed by atoms with Crippen LogP contribution in [-0.2, 0) is 4.79 Å². The number of carbonyl (C=O) groups excluding carboxylic acids is 1. The lowest BCUT2D eigenvalue weighted by atomic mass is 9.86. The molecule has 1 heterocycles. The largest absolute Gasteiger partial charge is 0.489 e. The van der Waals surface area contributed by atoms with E-state index in [-0.39, 0.29) is 29.7 Å². The lowest BCUT2D eigenvalue weighted by Crippen LogP contribution is -2.49. The third-order valence-corrected chi connectivity index (χ3v) is 5.47. The first-order valence-corrected chi connectivity index (χ1v) is 10.4. The van der Waals surface area contributed by atoms with Gasteiger partial charge >= 0.3 is 6.61 Å². The number of ether oxygens (including phenoxy) is 2. The molecule has 1 aromatic rings. The Morgan fingerprint density at radius 2 is 1.97 bits per heavy atom. The van der Waals surface area contributed by atoms with Crippen LogP contribution < -0.4 is 20.1 Å². The number of benzene rings is 1. The van der Waals surface area contributed by atoms with Gasteiger partial charge in [-0.3, -0.25) is 10.2 Å². The second-order valence-electron chi connectivity index (χ2n) is 7.86. The number of carbonyl (C=O) groups is 1. The zero-order chi connectivity index (χ0) is 22.4. The first-order valence-electron chi connectivity index (χ1n) is 10.4. The monoisotopic (exact) mass is 437 g/mol. The lowest BCUT2D eigenvalue weighted by Gasteiger charge is -2.36. The minimum absolute atomic E-state index is 0.0288. The van der Waals surface area contributed by atoms with Gasteiger partial charge in [-0.2, -0.15) is 8.78 Å². The molecule has 8 nitrogen and oxygen atoms in total. The van der Waals surface area contributed by atoms with Crippen LogP contribution >= 0.6 is 0 Å². The standard InChI is InChI=1S/C21H29F2N5O3/c1-14(24)26-19(25)12-20(29)28-9-7-27(8-10-28)16-5-6-17(31-21(22)23)18(11-16)30-13-15-3-2-4-15/h5-6,11,15,21H,2-4,7-10,12-13H2,1H3,(H3,24,25,26). The molecular formula is C21H29F2N5O3. The van der Waals surface area contributed by atoms with Crippen LogP contribution in [-0.4, -0.2) is 61.9 Å². The van der Waals surface area contributed by atoms with E-state index in [1.165, 1.54) is 12.5 Å². The van der Waals surface area contributed by atoms with Gasteiger partial charge in [0.2, 0.25) is 5.91 Å². The lowest BCUT2D eigenvalue weighted by molar-refractivity contribution is -0.130. The molecule has 170 valence electrons. The summed E-state index contributed by atoms with van der Waals surface area (Å²) < 4.78 is 35.9. The van der Waals surface area contributed by atoms with Gasteiger partial charge in [0.15, 0.2) is 11.5 Å². The average Bonchev–Trinajstić information content (AvgIpc) is 2.67. The van der Waals surface area contributed by atoms with E-state index in [0.29, 0.717) is 44.5 Å². The Bertz CT molecular complexity index is 817. The van der Waals surface area contributed by atoms with Crippen molar-refractivity contribution < 1.29 is 23.0 Å². The zero-order valence-electron chi connectivity index (χ0n) is 17.7. The van der Waals surface area contributed by atoms with E-state index in [4.69, 9.17) is 15.9 Å². The number of halogens is 2. The molecule has 1 saturated carbocycles. The maximum atomic E-state index is 12.8. The van der Waals surface area contributed by atoms with Crippen LogP contribution in [0.5, 0.6) is 11.5 Å². The van der Waals surface area contributed by atoms with Crippen molar-refractivity contribution in [2.24, 2.45) is 16.6 Å². The Kier molecular flexibility index (Phi) is 7.64. The summed E-state index contributed by atoms with van der Waals surface area (Å²) in [5.41, 5.74) is 6.27. The minimum Gasteiger partial charge on any atom is -0.489 e. The molecule has 1 saturated heterocycles. The highest BCUT2D eigenvalue weighted by Gasteiger charge is 2.24. The molecule has 0 atom stereocenters. The molecule has 0 bridgehead atoms. The van der Waals surface area contributed by atoms with Crippen LogP contribution in [0.2, 0.25) is 0 Å². The van der Waals surface area contributed by atoms with Gasteiger partial charge in [0.1, 0.15) is 5.84 Å². The normalized spacial score (nSPS) is 17.5. The summed E-state index contributed by atoms with van der Waals surface area (Å²) in [7, 11) is 0. The minimum atomic E-state index is -2.92. The Hall–Kier alpha value is -2.91. The molecule has 31 heavy (non-hydrogen) atoms. The number of amides is 1. The van der Waals surface area contributed by atoms with Crippen molar-refractivity contribution in [3.8, 4) is 11.5 Å². The SMILES string of the molecule is CC(N)=NC(=N)CC(=O)N1CCN(c2ccc(OC(F)F)c(OCC3CCC3)c2)CC1. The number of amidine groups is 2. The van der Waals surface area contributed by atoms with Gasteiger partial charge in [-0.05, 0) is 37.8 Å². The molecule has 0 spiro atoms. The number of alkyl halides is 2. The summed E-state index contributed by atoms with van der Waals surface area (Å²) in [6.45, 7) is 1.28. The van der Waals surface area contributed by atoms with Crippen LogP contribution in [0, 0.1) is 11.3 Å². The first kappa shape index (κ1) is 22.8. The van der Waals surface area contributed by atoms with Crippen molar-refractivity contribution in [3.63, 3.8) is 0 Å². The topological polar surface area (TPSA) is 104 Å². The fourth-order valence-electron chi connectivity index (χ4n) is 3.59. The highest BCUT2D eigenvalue weighted by Crippen LogP contribution is 2.35. The number of nitrogens with two attached hydrogens (primary N) is 1. The molecule has 0 radical (unpaired) electrons. The van der Waals surface area contributed by atoms with Gasteiger partial charge in [0.25, 0.3) is 0 Å². The maximum absolute atomic E-state index is 12.8. The van der Waals surface area contributed by atoms with E-state index in [0.717, 1.165) is 18.5 Å². The van der Waals surface area contributed by atoms with Gasteiger partial charge in [-0.15, -0.1) is 0 Å². The van der Waals surface area contributed by atoms with Gasteiger partial charge in [0, 0.05) is 37.9 Å². The fourth-order valence-corrected chi connectivity index (χ4v) is 3.59. The molecule has 10 heteroatoms. The summed E-state index contributed by atoms with van der Waals surface area (Å²) in [5.74, 6) is 0.823. The fraction of sp³-hybridized carbons (Fsp3) is 0.571. The van der Waals surface area contributed by atoms with E-state index < -0.39 is 6.61 Å². The zero-order valence-corrected chi connectivity index (χ0v) is 17.7. The van der Waals surface area contributed by atoms with Crippen molar-refractivity contribution in [3.05, 3.63) is 18.2 Å². The Labute approximate surface area is 180 Å². The van der Waals surface area contributed by atoms with Crippen LogP contribution in [0.4, 0.5) is 14.5 Å². The van der Waals surface area contributed by atoms with E-state index in [1.807, 2.05) is 0 Å². The van der Waals surface area contributed by atoms with Crippen molar-refractivity contribution >= 4 is 23.3 Å². The molecule has 1 aliphatic heterocycles. The molecule has 0 unspecified atom stereocenters. The van der Waals surface area contributed by atoms with Crippen LogP contribution in [0.1, 0.15) is 32.6 Å². The second kappa shape index (κ2) is 10.4. The van der Waals surface area contributed by atoms with E-state index in [1.54, 1.807) is 24.0 Å². The molecule has 1 amide bonds. The van der Waals surface area contributed by atoms with Crippen LogP contribution in [0.3, 0.4) is 0 Å². The Morgan fingerprint density at radius 3 is 2.55 bits per heavy atom. The average molecular weight is 437 g/mol. The summed E-state index contributed by atoms with van der Waals surface area (Å²) in [6, 6.07) is 4.95. The molecule has 1 aromatic carbocycles. The number of aliphatic imine (C=N–C) groups is 1. The number of hydrogen-bond acceptors (Lipinski definition) is 5. The molecule has 2 aliphatic rings. The van der Waals surface area contributed by atoms with Gasteiger partial charge < -0.3 is 25.0 Å². The highest BCUT2D eigenvalue weighted by atomic mass is 19.3. The van der Waals surface area contributed by atoms with Gasteiger partial charge in [-0.25, -0.2) is 4.99 Å². The summed E-state index contributed by atoms with van der Waals surface area (Å²) in [6.07, 6.45) is 3.27. The van der Waals surface area contributed by atoms with E-state index in [2.05, 4.69) is 14.6 Å². The van der Waals surface area contributed by atoms with Crippen LogP contribution in [0.25, 0.3) is 0 Å². The Balaban J connectivity index is 1.60. The summed E-state index contributed by atoms with van der Waals surface area (Å²) in [5, 5.41) is 7.72. The number of hydrogen-bond donors (Lipinski definition) is 2. The Morgan fingerprint density at radius 1 is 1.26 bits per heavy atom. The predicted octanol–water partition coefficient (Wildman–Crippen LogP) is 2.86. The molecule has 3 N–H and O–H groups in total. The summed E-state index contributed by atoms with van der Waals surface area (Å²) >= 11 is 0. The van der Waals surface area contributed by atoms with Crippen molar-refractivity contribution in [1.82, 2.24) is 4.90 Å². The first-order chi connectivity index (χ1) is 14.8. The smallest absolute Gasteiger partial charge is 0.387 e. The third kappa shape index (κ3) is 6.53. The molecule has 2 fully saturated rings. The van der Waals surface area contributed by atoms with Crippen molar-refractivity contribution in [1.29, 1.82) is 5.41 Å². The number of rotatable bonds is 8. The van der Waals surface area contributed by atoms with Crippen molar-refractivity contribution in [2.45, 2.75) is 39.2 Å². The van der Waals surface area contributed by atoms with Gasteiger partial charge in [-0.1, -0.05) is 6.42 Å². The number of nitrogens with one attached hydrogen (secondary N) is 1. The van der Waals surface area contributed by atoms with E-state index in [9.17, 15) is 13.6 Å². The van der Waals surface area contributed by atoms with Crippen LogP contribution in [0.15, 0.2) is 23.2 Å². The number of anilines is 1. The van der Waals surface area contributed by atoms with Crippen molar-refractivity contribution in [2.75, 3.05) is 37.7 Å². The highest BCUT2D eigenvalue weighted by molar-refractivity contribution is 6.03. The molecule has 1 aliphatic carbocycles. The number of nitrogens with zero attached hydrogens (tertiary/aromatic N) is 3. The van der Waals surface area contributed by atoms with E-state index >= 15 is 0 Å². The third-order valence-electron chi connectivity index (χ3n) is 5.47. The summed E-state index contributed by atoms with van der Waals surface area (Å²) in [4.78, 5) is 19.9. The quantitative estimate of drug-likeness (QED) is 0.481. The number of piperazine rings is 1. The molecule has 0 aromatic heterocycles. The molecular weight excluding hydrogens is 408 g/mol. The molecule has 3 rings (SSSR count). The second-order valence-corrected chi connectivity index (χ2v) is 7.86. The maximum Gasteiger partial charge on any atom is 0.387 e.